The summed E-state index contributed by atoms with van der Waals surface area (Å²) in [7, 11) is 1.64. The first-order chi connectivity index (χ1) is 15.8. The minimum absolute atomic E-state index is 0.146. The molecule has 0 radical (unpaired) electrons. The molecule has 1 amide bonds. The van der Waals surface area contributed by atoms with E-state index in [-0.39, 0.29) is 17.3 Å². The number of amidine groups is 1. The lowest BCUT2D eigenvalue weighted by Gasteiger charge is -2.44. The average Bonchev–Trinajstić information content (AvgIpc) is 3.47. The Bertz CT molecular complexity index is 1460. The first-order valence-electron chi connectivity index (χ1n) is 10.4. The lowest BCUT2D eigenvalue weighted by Crippen LogP contribution is -2.51. The maximum atomic E-state index is 14.0. The van der Waals surface area contributed by atoms with Crippen LogP contribution < -0.4 is 0 Å². The van der Waals surface area contributed by atoms with Gasteiger partial charge in [0.2, 0.25) is 5.91 Å². The van der Waals surface area contributed by atoms with E-state index >= 15 is 0 Å². The molecule has 2 aromatic heterocycles. The van der Waals surface area contributed by atoms with Crippen LogP contribution >= 0.6 is 11.3 Å². The Balaban J connectivity index is 1.63. The quantitative estimate of drug-likeness (QED) is 0.406. The molecule has 2 aromatic carbocycles. The number of halogens is 1. The molecule has 33 heavy (non-hydrogen) atoms. The highest BCUT2D eigenvalue weighted by Gasteiger charge is 2.49. The molecule has 7 heteroatoms. The minimum Gasteiger partial charge on any atom is -0.464 e. The third kappa shape index (κ3) is 3.43. The molecule has 0 spiro atoms. The number of thiophene rings is 1. The lowest BCUT2D eigenvalue weighted by atomic mass is 9.67. The fraction of sp³-hybridized carbons (Fsp3) is 0.192. The zero-order valence-electron chi connectivity index (χ0n) is 18.1. The SMILES string of the molecule is CN1C(=N)C[C@](C)(c2cc(-c3cc(F)cc(C#N)c3)cs2)C(c2ccc3ccoc3c2)C1=O. The van der Waals surface area contributed by atoms with Crippen LogP contribution in [0.5, 0.6) is 0 Å². The Morgan fingerprint density at radius 1 is 1.21 bits per heavy atom. The normalized spacial score (nSPS) is 20.9. The Morgan fingerprint density at radius 2 is 2.03 bits per heavy atom. The number of likely N-dealkylation sites (N-methyl/N-ethyl adjacent to an activating group) is 1. The van der Waals surface area contributed by atoms with Crippen molar-refractivity contribution in [3.63, 3.8) is 0 Å². The second kappa shape index (κ2) is 7.68. The van der Waals surface area contributed by atoms with Crippen LogP contribution in [0.15, 0.2) is 64.6 Å². The Morgan fingerprint density at radius 3 is 2.82 bits per heavy atom. The van der Waals surface area contributed by atoms with E-state index in [1.807, 2.05) is 48.7 Å². The maximum absolute atomic E-state index is 14.0. The van der Waals surface area contributed by atoms with Crippen LogP contribution in [0.25, 0.3) is 22.1 Å². The van der Waals surface area contributed by atoms with Crippen molar-refractivity contribution in [3.8, 4) is 17.2 Å². The van der Waals surface area contributed by atoms with Gasteiger partial charge < -0.3 is 9.32 Å². The van der Waals surface area contributed by atoms with Crippen LogP contribution in [-0.2, 0) is 10.2 Å². The smallest absolute Gasteiger partial charge is 0.236 e. The molecule has 1 saturated heterocycles. The summed E-state index contributed by atoms with van der Waals surface area (Å²) in [6, 6.07) is 15.9. The van der Waals surface area contributed by atoms with Gasteiger partial charge in [-0.05, 0) is 58.5 Å². The zero-order chi connectivity index (χ0) is 23.3. The molecule has 1 aliphatic heterocycles. The monoisotopic (exact) mass is 457 g/mol. The summed E-state index contributed by atoms with van der Waals surface area (Å²) in [4.78, 5) is 15.8. The van der Waals surface area contributed by atoms with Crippen LogP contribution in [0, 0.1) is 22.6 Å². The highest BCUT2D eigenvalue weighted by molar-refractivity contribution is 7.10. The number of carbonyl (C=O) groups excluding carboxylic acids is 1. The van der Waals surface area contributed by atoms with E-state index in [1.165, 1.54) is 28.4 Å². The predicted octanol–water partition coefficient (Wildman–Crippen LogP) is 6.05. The number of likely N-dealkylation sites (tertiary alicyclic amines) is 1. The van der Waals surface area contributed by atoms with Crippen molar-refractivity contribution in [2.75, 3.05) is 7.05 Å². The van der Waals surface area contributed by atoms with Gasteiger partial charge in [0, 0.05) is 29.1 Å². The summed E-state index contributed by atoms with van der Waals surface area (Å²) in [6.45, 7) is 2.01. The molecule has 5 nitrogen and oxygen atoms in total. The molecule has 0 bridgehead atoms. The van der Waals surface area contributed by atoms with Crippen molar-refractivity contribution in [1.29, 1.82) is 10.7 Å². The summed E-state index contributed by atoms with van der Waals surface area (Å²) in [5.74, 6) is -0.874. The van der Waals surface area contributed by atoms with Gasteiger partial charge in [-0.25, -0.2) is 4.39 Å². The van der Waals surface area contributed by atoms with Gasteiger partial charge in [0.15, 0.2) is 0 Å². The highest BCUT2D eigenvalue weighted by Crippen LogP contribution is 2.49. The van der Waals surface area contributed by atoms with Crippen molar-refractivity contribution in [2.24, 2.45) is 0 Å². The number of hydrogen-bond donors (Lipinski definition) is 1. The van der Waals surface area contributed by atoms with Crippen LogP contribution in [0.1, 0.15) is 35.3 Å². The molecule has 1 unspecified atom stereocenters. The lowest BCUT2D eigenvalue weighted by molar-refractivity contribution is -0.131. The third-order valence-corrected chi connectivity index (χ3v) is 7.70. The molecule has 164 valence electrons. The summed E-state index contributed by atoms with van der Waals surface area (Å²) in [5, 5.41) is 20.5. The fourth-order valence-corrected chi connectivity index (χ4v) is 5.78. The maximum Gasteiger partial charge on any atom is 0.236 e. The van der Waals surface area contributed by atoms with Gasteiger partial charge in [-0.1, -0.05) is 19.1 Å². The number of amides is 1. The Hall–Kier alpha value is -3.76. The average molecular weight is 458 g/mol. The number of carbonyl (C=O) groups is 1. The molecule has 1 N–H and O–H groups in total. The molecular formula is C26H20FN3O2S. The topological polar surface area (TPSA) is 81.1 Å². The van der Waals surface area contributed by atoms with Crippen molar-refractivity contribution >= 4 is 34.0 Å². The fourth-order valence-electron chi connectivity index (χ4n) is 4.67. The number of nitriles is 1. The van der Waals surface area contributed by atoms with E-state index in [1.54, 1.807) is 19.4 Å². The van der Waals surface area contributed by atoms with Gasteiger partial charge in [-0.2, -0.15) is 5.26 Å². The number of benzene rings is 2. The van der Waals surface area contributed by atoms with Gasteiger partial charge >= 0.3 is 0 Å². The van der Waals surface area contributed by atoms with Crippen molar-refractivity contribution in [2.45, 2.75) is 24.7 Å². The van der Waals surface area contributed by atoms with Crippen LogP contribution in [-0.4, -0.2) is 23.7 Å². The number of rotatable bonds is 3. The van der Waals surface area contributed by atoms with Gasteiger partial charge in [-0.3, -0.25) is 10.2 Å². The standard InChI is InChI=1S/C26H20FN3O2S/c1-26(22-11-19(14-33-22)18-7-15(13-28)8-20(27)9-18)12-23(29)30(2)25(31)24(26)17-4-3-16-5-6-32-21(16)10-17/h3-11,14,24,29H,12H2,1-2H3/t24?,26-/m1/s1. The molecule has 4 aromatic rings. The summed E-state index contributed by atoms with van der Waals surface area (Å²) in [5.41, 5.74) is 2.52. The van der Waals surface area contributed by atoms with Gasteiger partial charge in [0.1, 0.15) is 17.2 Å². The number of piperidine rings is 1. The second-order valence-electron chi connectivity index (χ2n) is 8.63. The zero-order valence-corrected chi connectivity index (χ0v) is 18.9. The van der Waals surface area contributed by atoms with E-state index in [0.717, 1.165) is 21.4 Å². The third-order valence-electron chi connectivity index (χ3n) is 6.49. The van der Waals surface area contributed by atoms with Crippen LogP contribution in [0.4, 0.5) is 4.39 Å². The molecule has 0 aliphatic carbocycles. The summed E-state index contributed by atoms with van der Waals surface area (Å²) in [6.07, 6.45) is 2.00. The first-order valence-corrected chi connectivity index (χ1v) is 11.3. The number of nitrogens with zero attached hydrogens (tertiary/aromatic N) is 2. The van der Waals surface area contributed by atoms with E-state index in [4.69, 9.17) is 9.83 Å². The van der Waals surface area contributed by atoms with Gasteiger partial charge in [-0.15, -0.1) is 11.3 Å². The summed E-state index contributed by atoms with van der Waals surface area (Å²) >= 11 is 1.48. The largest absolute Gasteiger partial charge is 0.464 e. The van der Waals surface area contributed by atoms with Crippen LogP contribution in [0.2, 0.25) is 0 Å². The molecule has 2 atom stereocenters. The molecule has 5 rings (SSSR count). The van der Waals surface area contributed by atoms with Crippen molar-refractivity contribution < 1.29 is 13.6 Å². The van der Waals surface area contributed by atoms with Crippen LogP contribution in [0.3, 0.4) is 0 Å². The molecule has 0 saturated carbocycles. The Kier molecular flexibility index (Phi) is 4.91. The van der Waals surface area contributed by atoms with E-state index in [9.17, 15) is 14.4 Å². The molecule has 1 aliphatic rings. The number of furan rings is 1. The number of nitrogens with one attached hydrogen (secondary N) is 1. The van der Waals surface area contributed by atoms with Crippen molar-refractivity contribution in [1.82, 2.24) is 4.90 Å². The Labute approximate surface area is 194 Å². The molecule has 3 heterocycles. The van der Waals surface area contributed by atoms with Gasteiger partial charge in [0.25, 0.3) is 0 Å². The molecule has 1 fully saturated rings. The minimum atomic E-state index is -0.671. The summed E-state index contributed by atoms with van der Waals surface area (Å²) < 4.78 is 19.6. The second-order valence-corrected chi connectivity index (χ2v) is 9.54. The molecular weight excluding hydrogens is 437 g/mol. The van der Waals surface area contributed by atoms with Crippen molar-refractivity contribution in [3.05, 3.63) is 82.0 Å². The predicted molar refractivity (Wildman–Crippen MR) is 126 cm³/mol. The van der Waals surface area contributed by atoms with E-state index < -0.39 is 17.2 Å². The van der Waals surface area contributed by atoms with Gasteiger partial charge in [0.05, 0.1) is 23.8 Å². The van der Waals surface area contributed by atoms with E-state index in [2.05, 4.69) is 0 Å². The first kappa shape index (κ1) is 21.1. The number of hydrogen-bond acceptors (Lipinski definition) is 5. The highest BCUT2D eigenvalue weighted by atomic mass is 32.1. The number of fused-ring (bicyclic) bond motifs is 1. The van der Waals surface area contributed by atoms with E-state index in [0.29, 0.717) is 17.6 Å².